The van der Waals surface area contributed by atoms with Crippen LogP contribution in [0, 0.1) is 12.8 Å². The van der Waals surface area contributed by atoms with Crippen LogP contribution < -0.4 is 10.6 Å². The lowest BCUT2D eigenvalue weighted by Gasteiger charge is -2.38. The second kappa shape index (κ2) is 3.77. The van der Waals surface area contributed by atoms with Crippen molar-refractivity contribution < 1.29 is 0 Å². The molecule has 0 bridgehead atoms. The first kappa shape index (κ1) is 10.2. The molecule has 2 heteroatoms. The molecular weight excluding hydrogens is 196 g/mol. The number of rotatable bonds is 1. The van der Waals surface area contributed by atoms with Gasteiger partial charge >= 0.3 is 0 Å². The van der Waals surface area contributed by atoms with Gasteiger partial charge in [-0.2, -0.15) is 0 Å². The lowest BCUT2D eigenvalue weighted by molar-refractivity contribution is 0.339. The molecule has 2 aliphatic rings. The van der Waals surface area contributed by atoms with Crippen molar-refractivity contribution in [1.29, 1.82) is 0 Å². The summed E-state index contributed by atoms with van der Waals surface area (Å²) < 4.78 is 0. The Kier molecular flexibility index (Phi) is 2.40. The molecule has 1 aromatic carbocycles. The molecule has 0 saturated carbocycles. The van der Waals surface area contributed by atoms with Gasteiger partial charge in [0.2, 0.25) is 0 Å². The minimum absolute atomic E-state index is 0.676. The van der Waals surface area contributed by atoms with Crippen LogP contribution in [0.15, 0.2) is 18.2 Å². The SMILES string of the molecule is Cc1cccc2c1N1CCCC(CN)C1C2. The molecule has 0 aliphatic carbocycles. The van der Waals surface area contributed by atoms with E-state index in [0.29, 0.717) is 12.0 Å². The number of anilines is 1. The zero-order valence-corrected chi connectivity index (χ0v) is 9.95. The van der Waals surface area contributed by atoms with Gasteiger partial charge in [-0.25, -0.2) is 0 Å². The number of nitrogens with two attached hydrogens (primary N) is 1. The number of benzene rings is 1. The van der Waals surface area contributed by atoms with Gasteiger partial charge in [-0.3, -0.25) is 0 Å². The van der Waals surface area contributed by atoms with Gasteiger partial charge in [0.25, 0.3) is 0 Å². The van der Waals surface area contributed by atoms with E-state index in [0.717, 1.165) is 6.54 Å². The topological polar surface area (TPSA) is 29.3 Å². The van der Waals surface area contributed by atoms with Crippen LogP contribution >= 0.6 is 0 Å². The summed E-state index contributed by atoms with van der Waals surface area (Å²) in [6.07, 6.45) is 3.82. The van der Waals surface area contributed by atoms with Crippen molar-refractivity contribution in [3.05, 3.63) is 29.3 Å². The van der Waals surface area contributed by atoms with Gasteiger partial charge in [-0.1, -0.05) is 18.2 Å². The molecule has 86 valence electrons. The van der Waals surface area contributed by atoms with E-state index in [1.807, 2.05) is 0 Å². The molecule has 2 N–H and O–H groups in total. The maximum absolute atomic E-state index is 5.91. The van der Waals surface area contributed by atoms with Gasteiger partial charge in [0.05, 0.1) is 0 Å². The minimum atomic E-state index is 0.676. The lowest BCUT2D eigenvalue weighted by Crippen LogP contribution is -2.45. The highest BCUT2D eigenvalue weighted by Crippen LogP contribution is 2.40. The summed E-state index contributed by atoms with van der Waals surface area (Å²) >= 11 is 0. The highest BCUT2D eigenvalue weighted by Gasteiger charge is 2.37. The van der Waals surface area contributed by atoms with Crippen molar-refractivity contribution >= 4 is 5.69 Å². The van der Waals surface area contributed by atoms with Crippen LogP contribution in [0.1, 0.15) is 24.0 Å². The zero-order chi connectivity index (χ0) is 11.1. The third-order valence-electron chi connectivity index (χ3n) is 4.26. The number of hydrogen-bond acceptors (Lipinski definition) is 2. The van der Waals surface area contributed by atoms with E-state index in [1.54, 1.807) is 0 Å². The summed E-state index contributed by atoms with van der Waals surface area (Å²) in [5, 5.41) is 0. The van der Waals surface area contributed by atoms with E-state index in [2.05, 4.69) is 30.0 Å². The number of aryl methyl sites for hydroxylation is 1. The fourth-order valence-electron chi connectivity index (χ4n) is 3.49. The monoisotopic (exact) mass is 216 g/mol. The molecule has 2 heterocycles. The number of fused-ring (bicyclic) bond motifs is 3. The van der Waals surface area contributed by atoms with Crippen molar-refractivity contribution in [3.63, 3.8) is 0 Å². The molecule has 1 saturated heterocycles. The average molecular weight is 216 g/mol. The van der Waals surface area contributed by atoms with Crippen molar-refractivity contribution in [2.75, 3.05) is 18.0 Å². The first-order chi connectivity index (χ1) is 7.81. The largest absolute Gasteiger partial charge is 0.367 e. The van der Waals surface area contributed by atoms with E-state index in [9.17, 15) is 0 Å². The van der Waals surface area contributed by atoms with Gasteiger partial charge < -0.3 is 10.6 Å². The summed E-state index contributed by atoms with van der Waals surface area (Å²) in [7, 11) is 0. The summed E-state index contributed by atoms with van der Waals surface area (Å²) in [5.74, 6) is 0.695. The third kappa shape index (κ3) is 1.36. The van der Waals surface area contributed by atoms with Crippen LogP contribution in [0.4, 0.5) is 5.69 Å². The third-order valence-corrected chi connectivity index (χ3v) is 4.26. The molecule has 0 radical (unpaired) electrons. The Hall–Kier alpha value is -1.02. The predicted molar refractivity (Wildman–Crippen MR) is 67.8 cm³/mol. The molecule has 0 amide bonds. The molecule has 2 aliphatic heterocycles. The fraction of sp³-hybridized carbons (Fsp3) is 0.571. The molecule has 16 heavy (non-hydrogen) atoms. The van der Waals surface area contributed by atoms with Crippen molar-refractivity contribution in [2.24, 2.45) is 11.7 Å². The second-order valence-electron chi connectivity index (χ2n) is 5.19. The van der Waals surface area contributed by atoms with Crippen LogP contribution in [0.2, 0.25) is 0 Å². The standard InChI is InChI=1S/C14H20N2/c1-10-4-2-5-11-8-13-12(9-15)6-3-7-16(13)14(10)11/h2,4-5,12-13H,3,6-9,15H2,1H3. The number of para-hydroxylation sites is 1. The number of hydrogen-bond donors (Lipinski definition) is 1. The van der Waals surface area contributed by atoms with E-state index >= 15 is 0 Å². The number of piperidine rings is 1. The molecule has 0 spiro atoms. The van der Waals surface area contributed by atoms with Gasteiger partial charge in [0.1, 0.15) is 0 Å². The molecular formula is C14H20N2. The fourth-order valence-corrected chi connectivity index (χ4v) is 3.49. The van der Waals surface area contributed by atoms with E-state index in [1.165, 1.54) is 42.6 Å². The molecule has 1 aromatic rings. The first-order valence-corrected chi connectivity index (χ1v) is 6.36. The van der Waals surface area contributed by atoms with Crippen LogP contribution in [0.3, 0.4) is 0 Å². The second-order valence-corrected chi connectivity index (χ2v) is 5.19. The number of nitrogens with zero attached hydrogens (tertiary/aromatic N) is 1. The normalized spacial score (nSPS) is 27.8. The molecule has 2 unspecified atom stereocenters. The van der Waals surface area contributed by atoms with Gasteiger partial charge in [-0.05, 0) is 49.8 Å². The molecule has 2 nitrogen and oxygen atoms in total. The Bertz CT molecular complexity index is 400. The van der Waals surface area contributed by atoms with Crippen LogP contribution in [0.5, 0.6) is 0 Å². The van der Waals surface area contributed by atoms with Crippen molar-refractivity contribution in [2.45, 2.75) is 32.2 Å². The van der Waals surface area contributed by atoms with Gasteiger partial charge in [-0.15, -0.1) is 0 Å². The molecule has 2 atom stereocenters. The van der Waals surface area contributed by atoms with Gasteiger partial charge in [0.15, 0.2) is 0 Å². The van der Waals surface area contributed by atoms with Crippen LogP contribution in [-0.4, -0.2) is 19.1 Å². The average Bonchev–Trinajstić information content (AvgIpc) is 2.68. The molecule has 1 fully saturated rings. The maximum atomic E-state index is 5.91. The Morgan fingerprint density at radius 3 is 3.12 bits per heavy atom. The summed E-state index contributed by atoms with van der Waals surface area (Å²) in [6, 6.07) is 7.38. The Morgan fingerprint density at radius 2 is 2.31 bits per heavy atom. The Balaban J connectivity index is 2.00. The molecule has 3 rings (SSSR count). The van der Waals surface area contributed by atoms with Crippen molar-refractivity contribution in [3.8, 4) is 0 Å². The minimum Gasteiger partial charge on any atom is -0.367 e. The summed E-state index contributed by atoms with van der Waals surface area (Å²) in [6.45, 7) is 4.29. The lowest BCUT2D eigenvalue weighted by atomic mass is 9.89. The smallest absolute Gasteiger partial charge is 0.0431 e. The van der Waals surface area contributed by atoms with E-state index in [-0.39, 0.29) is 0 Å². The zero-order valence-electron chi connectivity index (χ0n) is 9.95. The summed E-state index contributed by atoms with van der Waals surface area (Å²) in [5.41, 5.74) is 10.4. The summed E-state index contributed by atoms with van der Waals surface area (Å²) in [4.78, 5) is 2.62. The van der Waals surface area contributed by atoms with Crippen LogP contribution in [0.25, 0.3) is 0 Å². The van der Waals surface area contributed by atoms with E-state index < -0.39 is 0 Å². The van der Waals surface area contributed by atoms with E-state index in [4.69, 9.17) is 5.73 Å². The van der Waals surface area contributed by atoms with Crippen LogP contribution in [-0.2, 0) is 6.42 Å². The maximum Gasteiger partial charge on any atom is 0.0431 e. The first-order valence-electron chi connectivity index (χ1n) is 6.36. The predicted octanol–water partition coefficient (Wildman–Crippen LogP) is 2.09. The highest BCUT2D eigenvalue weighted by molar-refractivity contribution is 5.64. The Labute approximate surface area is 97.4 Å². The molecule has 0 aromatic heterocycles. The van der Waals surface area contributed by atoms with Gasteiger partial charge in [0, 0.05) is 18.3 Å². The highest BCUT2D eigenvalue weighted by atomic mass is 15.2. The van der Waals surface area contributed by atoms with Crippen molar-refractivity contribution in [1.82, 2.24) is 0 Å². The quantitative estimate of drug-likeness (QED) is 0.779. The Morgan fingerprint density at radius 1 is 1.44 bits per heavy atom.